The molecule has 3 rings (SSSR count). The third-order valence-electron chi connectivity index (χ3n) is 5.57. The van der Waals surface area contributed by atoms with E-state index in [2.05, 4.69) is 5.32 Å². The number of thiophene rings is 1. The van der Waals surface area contributed by atoms with Gasteiger partial charge in [-0.15, -0.1) is 11.3 Å². The molecule has 3 amide bonds. The number of carbonyl (C=O) groups is 2. The molecule has 0 radical (unpaired) electrons. The third-order valence-corrected chi connectivity index (χ3v) is 6.43. The number of aryl methyl sites for hydroxylation is 1. The molecule has 32 heavy (non-hydrogen) atoms. The fraction of sp³-hybridized carbons (Fsp3) is 0.308. The maximum Gasteiger partial charge on any atom is 0.322 e. The van der Waals surface area contributed by atoms with Crippen LogP contribution in [0.25, 0.3) is 0 Å². The first kappa shape index (κ1) is 23.5. The van der Waals surface area contributed by atoms with Crippen LogP contribution >= 0.6 is 11.3 Å². The first-order valence-corrected chi connectivity index (χ1v) is 11.8. The van der Waals surface area contributed by atoms with Crippen LogP contribution in [0.3, 0.4) is 0 Å². The van der Waals surface area contributed by atoms with Gasteiger partial charge in [0.05, 0.1) is 6.54 Å². The zero-order valence-corrected chi connectivity index (χ0v) is 19.8. The highest BCUT2D eigenvalue weighted by Crippen LogP contribution is 2.18. The van der Waals surface area contributed by atoms with E-state index >= 15 is 0 Å². The molecule has 0 spiro atoms. The van der Waals surface area contributed by atoms with Crippen molar-refractivity contribution in [3.63, 3.8) is 0 Å². The van der Waals surface area contributed by atoms with Gasteiger partial charge < -0.3 is 15.1 Å². The Morgan fingerprint density at radius 3 is 2.34 bits per heavy atom. The minimum atomic E-state index is -0.252. The fourth-order valence-electron chi connectivity index (χ4n) is 3.42. The summed E-state index contributed by atoms with van der Waals surface area (Å²) in [4.78, 5) is 31.2. The quantitative estimate of drug-likeness (QED) is 0.441. The van der Waals surface area contributed by atoms with E-state index in [0.29, 0.717) is 13.1 Å². The van der Waals surface area contributed by atoms with E-state index in [1.54, 1.807) is 16.2 Å². The van der Waals surface area contributed by atoms with Crippen LogP contribution in [-0.2, 0) is 17.9 Å². The van der Waals surface area contributed by atoms with E-state index in [9.17, 15) is 9.59 Å². The van der Waals surface area contributed by atoms with E-state index < -0.39 is 0 Å². The van der Waals surface area contributed by atoms with Gasteiger partial charge in [-0.3, -0.25) is 4.79 Å². The van der Waals surface area contributed by atoms with Gasteiger partial charge in [-0.1, -0.05) is 61.5 Å². The molecule has 0 saturated carbocycles. The van der Waals surface area contributed by atoms with E-state index in [4.69, 9.17) is 0 Å². The number of carbonyl (C=O) groups excluding carboxylic acids is 2. The molecule has 168 valence electrons. The normalized spacial score (nSPS) is 11.6. The Hall–Kier alpha value is -3.12. The number of nitrogens with one attached hydrogen (secondary N) is 1. The highest BCUT2D eigenvalue weighted by atomic mass is 32.1. The Bertz CT molecular complexity index is 1000. The lowest BCUT2D eigenvalue weighted by atomic mass is 10.2. The van der Waals surface area contributed by atoms with Crippen LogP contribution in [0.15, 0.2) is 72.1 Å². The number of amides is 3. The van der Waals surface area contributed by atoms with Gasteiger partial charge in [0.25, 0.3) is 0 Å². The zero-order chi connectivity index (χ0) is 22.9. The first-order valence-electron chi connectivity index (χ1n) is 10.9. The molecule has 0 aliphatic rings. The summed E-state index contributed by atoms with van der Waals surface area (Å²) >= 11 is 1.63. The summed E-state index contributed by atoms with van der Waals surface area (Å²) in [7, 11) is 0. The summed E-state index contributed by atoms with van der Waals surface area (Å²) in [6, 6.07) is 21.3. The summed E-state index contributed by atoms with van der Waals surface area (Å²) in [5.41, 5.74) is 2.81. The van der Waals surface area contributed by atoms with Gasteiger partial charge in [0, 0.05) is 23.2 Å². The average molecular weight is 450 g/mol. The molecule has 3 aromatic rings. The molecule has 5 nitrogen and oxygen atoms in total. The second-order valence-electron chi connectivity index (χ2n) is 7.95. The molecule has 6 heteroatoms. The Balaban J connectivity index is 1.77. The maximum atomic E-state index is 13.4. The molecule has 0 aliphatic carbocycles. The number of urea groups is 1. The summed E-state index contributed by atoms with van der Waals surface area (Å²) in [5, 5.41) is 5.00. The minimum absolute atomic E-state index is 0.0327. The van der Waals surface area contributed by atoms with Gasteiger partial charge in [-0.05, 0) is 48.9 Å². The SMILES string of the molecule is CCC(C)N(CC(=O)N(Cc1ccccc1)Cc1cccs1)C(=O)Nc1ccccc1C. The predicted molar refractivity (Wildman–Crippen MR) is 132 cm³/mol. The van der Waals surface area contributed by atoms with Crippen molar-refractivity contribution < 1.29 is 9.59 Å². The lowest BCUT2D eigenvalue weighted by molar-refractivity contribution is -0.133. The van der Waals surface area contributed by atoms with E-state index in [-0.39, 0.29) is 24.5 Å². The van der Waals surface area contributed by atoms with Gasteiger partial charge >= 0.3 is 6.03 Å². The van der Waals surface area contributed by atoms with Gasteiger partial charge in [0.1, 0.15) is 6.54 Å². The van der Waals surface area contributed by atoms with Crippen molar-refractivity contribution in [1.82, 2.24) is 9.80 Å². The fourth-order valence-corrected chi connectivity index (χ4v) is 4.14. The van der Waals surface area contributed by atoms with Crippen molar-refractivity contribution in [3.8, 4) is 0 Å². The van der Waals surface area contributed by atoms with Gasteiger partial charge in [0.2, 0.25) is 5.91 Å². The number of benzene rings is 2. The number of para-hydroxylation sites is 1. The van der Waals surface area contributed by atoms with E-state index in [1.807, 2.05) is 97.8 Å². The largest absolute Gasteiger partial charge is 0.332 e. The van der Waals surface area contributed by atoms with Crippen LogP contribution in [0.4, 0.5) is 10.5 Å². The summed E-state index contributed by atoms with van der Waals surface area (Å²) < 4.78 is 0. The summed E-state index contributed by atoms with van der Waals surface area (Å²) in [6.45, 7) is 7.02. The molecule has 1 atom stereocenters. The summed E-state index contributed by atoms with van der Waals surface area (Å²) in [6.07, 6.45) is 0.762. The third kappa shape index (κ3) is 6.44. The zero-order valence-electron chi connectivity index (χ0n) is 19.0. The number of rotatable bonds is 9. The lowest BCUT2D eigenvalue weighted by Crippen LogP contribution is -2.47. The predicted octanol–water partition coefficient (Wildman–Crippen LogP) is 5.92. The van der Waals surface area contributed by atoms with Crippen molar-refractivity contribution >= 4 is 29.0 Å². The van der Waals surface area contributed by atoms with Crippen molar-refractivity contribution in [2.75, 3.05) is 11.9 Å². The molecule has 0 aliphatic heterocycles. The Morgan fingerprint density at radius 1 is 0.969 bits per heavy atom. The van der Waals surface area contributed by atoms with Crippen molar-refractivity contribution in [1.29, 1.82) is 0 Å². The number of anilines is 1. The topological polar surface area (TPSA) is 52.7 Å². The molecule has 1 heterocycles. The van der Waals surface area contributed by atoms with Crippen molar-refractivity contribution in [3.05, 3.63) is 88.1 Å². The molecule has 1 aromatic heterocycles. The number of hydrogen-bond acceptors (Lipinski definition) is 3. The molecule has 2 aromatic carbocycles. The van der Waals surface area contributed by atoms with E-state index in [0.717, 1.165) is 28.1 Å². The van der Waals surface area contributed by atoms with Crippen LogP contribution in [0, 0.1) is 6.92 Å². The molecular weight excluding hydrogens is 418 g/mol. The maximum absolute atomic E-state index is 13.4. The molecule has 1 unspecified atom stereocenters. The lowest BCUT2D eigenvalue weighted by Gasteiger charge is -2.31. The Labute approximate surface area is 194 Å². The highest BCUT2D eigenvalue weighted by Gasteiger charge is 2.25. The molecule has 1 N–H and O–H groups in total. The monoisotopic (exact) mass is 449 g/mol. The first-order chi connectivity index (χ1) is 15.5. The van der Waals surface area contributed by atoms with Crippen LogP contribution < -0.4 is 5.32 Å². The second-order valence-corrected chi connectivity index (χ2v) is 8.98. The van der Waals surface area contributed by atoms with Crippen LogP contribution in [0.5, 0.6) is 0 Å². The van der Waals surface area contributed by atoms with Crippen LogP contribution in [-0.4, -0.2) is 34.3 Å². The van der Waals surface area contributed by atoms with Gasteiger partial charge in [-0.2, -0.15) is 0 Å². The Morgan fingerprint density at radius 2 is 1.69 bits per heavy atom. The second kappa shape index (κ2) is 11.5. The van der Waals surface area contributed by atoms with Crippen molar-refractivity contribution in [2.45, 2.75) is 46.3 Å². The van der Waals surface area contributed by atoms with Crippen LogP contribution in [0.1, 0.15) is 36.3 Å². The minimum Gasteiger partial charge on any atom is -0.332 e. The molecule has 0 fully saturated rings. The highest BCUT2D eigenvalue weighted by molar-refractivity contribution is 7.09. The van der Waals surface area contributed by atoms with Crippen LogP contribution in [0.2, 0.25) is 0 Å². The van der Waals surface area contributed by atoms with Gasteiger partial charge in [0.15, 0.2) is 0 Å². The molecule has 0 bridgehead atoms. The molecular formula is C26H31N3O2S. The van der Waals surface area contributed by atoms with E-state index in [1.165, 1.54) is 0 Å². The summed E-state index contributed by atoms with van der Waals surface area (Å²) in [5.74, 6) is -0.0671. The number of hydrogen-bond donors (Lipinski definition) is 1. The smallest absolute Gasteiger partial charge is 0.322 e. The molecule has 0 saturated heterocycles. The van der Waals surface area contributed by atoms with Gasteiger partial charge in [-0.25, -0.2) is 4.79 Å². The number of nitrogens with zero attached hydrogens (tertiary/aromatic N) is 2. The Kier molecular flexibility index (Phi) is 8.45. The standard InChI is InChI=1S/C26H31N3O2S/c1-4-21(3)29(26(31)27-24-15-9-8-11-20(24)2)19-25(30)28(18-23-14-10-16-32-23)17-22-12-6-5-7-13-22/h5-16,21H,4,17-19H2,1-3H3,(H,27,31). The van der Waals surface area contributed by atoms with Crippen molar-refractivity contribution in [2.24, 2.45) is 0 Å². The average Bonchev–Trinajstić information content (AvgIpc) is 3.31.